The molecular weight excluding hydrogens is 202 g/mol. The average Bonchev–Trinajstić information content (AvgIpc) is 2.73. The number of hydrogen-bond acceptors (Lipinski definition) is 3. The predicted molar refractivity (Wildman–Crippen MR) is 60.1 cm³/mol. The highest BCUT2D eigenvalue weighted by molar-refractivity contribution is 5.58. The lowest BCUT2D eigenvalue weighted by atomic mass is 10.2. The Bertz CT molecular complexity index is 631. The first-order valence-electron chi connectivity index (χ1n) is 4.94. The van der Waals surface area contributed by atoms with Crippen LogP contribution in [0.4, 0.5) is 0 Å². The van der Waals surface area contributed by atoms with E-state index in [9.17, 15) is 5.11 Å². The van der Waals surface area contributed by atoms with Crippen LogP contribution in [0.2, 0.25) is 0 Å². The van der Waals surface area contributed by atoms with Crippen LogP contribution in [-0.2, 0) is 0 Å². The van der Waals surface area contributed by atoms with Crippen LogP contribution in [0.1, 0.15) is 0 Å². The van der Waals surface area contributed by atoms with Gasteiger partial charge in [0.05, 0.1) is 6.20 Å². The standard InChI is InChI=1S/C12H9N3O/c16-10-6-7-11-13-12(14-15(11)8-10)9-4-2-1-3-5-9/h1-8,16H. The second-order valence-electron chi connectivity index (χ2n) is 3.49. The van der Waals surface area contributed by atoms with Crippen molar-refractivity contribution in [3.8, 4) is 17.1 Å². The highest BCUT2D eigenvalue weighted by Crippen LogP contribution is 2.17. The van der Waals surface area contributed by atoms with Crippen molar-refractivity contribution in [1.29, 1.82) is 0 Å². The Hall–Kier alpha value is -2.36. The Morgan fingerprint density at radius 2 is 1.81 bits per heavy atom. The molecule has 0 spiro atoms. The minimum absolute atomic E-state index is 0.178. The zero-order chi connectivity index (χ0) is 11.0. The molecule has 0 saturated carbocycles. The van der Waals surface area contributed by atoms with Gasteiger partial charge in [-0.1, -0.05) is 30.3 Å². The number of benzene rings is 1. The summed E-state index contributed by atoms with van der Waals surface area (Å²) in [5.74, 6) is 0.836. The smallest absolute Gasteiger partial charge is 0.182 e. The lowest BCUT2D eigenvalue weighted by Gasteiger charge is -1.91. The van der Waals surface area contributed by atoms with E-state index in [1.807, 2.05) is 30.3 Å². The van der Waals surface area contributed by atoms with Gasteiger partial charge < -0.3 is 5.11 Å². The summed E-state index contributed by atoms with van der Waals surface area (Å²) < 4.78 is 1.57. The van der Waals surface area contributed by atoms with Gasteiger partial charge in [-0.3, -0.25) is 0 Å². The van der Waals surface area contributed by atoms with Crippen molar-refractivity contribution >= 4 is 5.65 Å². The predicted octanol–water partition coefficient (Wildman–Crippen LogP) is 2.10. The molecule has 0 aliphatic heterocycles. The van der Waals surface area contributed by atoms with Crippen molar-refractivity contribution in [3.05, 3.63) is 48.7 Å². The molecule has 0 radical (unpaired) electrons. The Balaban J connectivity index is 2.19. The molecule has 3 rings (SSSR count). The van der Waals surface area contributed by atoms with E-state index in [-0.39, 0.29) is 5.75 Å². The molecule has 0 bridgehead atoms. The lowest BCUT2D eigenvalue weighted by molar-refractivity contribution is 0.470. The molecule has 0 atom stereocenters. The molecule has 2 aromatic heterocycles. The van der Waals surface area contributed by atoms with E-state index in [0.717, 1.165) is 11.2 Å². The second-order valence-corrected chi connectivity index (χ2v) is 3.49. The summed E-state index contributed by atoms with van der Waals surface area (Å²) in [6.45, 7) is 0. The lowest BCUT2D eigenvalue weighted by Crippen LogP contribution is -1.85. The zero-order valence-corrected chi connectivity index (χ0v) is 8.41. The van der Waals surface area contributed by atoms with Gasteiger partial charge in [-0.25, -0.2) is 9.50 Å². The van der Waals surface area contributed by atoms with Gasteiger partial charge in [0.25, 0.3) is 0 Å². The fraction of sp³-hybridized carbons (Fsp3) is 0. The van der Waals surface area contributed by atoms with Crippen LogP contribution >= 0.6 is 0 Å². The number of aromatic hydroxyl groups is 1. The summed E-state index contributed by atoms with van der Waals surface area (Å²) in [6.07, 6.45) is 1.54. The van der Waals surface area contributed by atoms with E-state index >= 15 is 0 Å². The van der Waals surface area contributed by atoms with Crippen LogP contribution in [0.25, 0.3) is 17.0 Å². The molecular formula is C12H9N3O. The molecule has 0 saturated heterocycles. The van der Waals surface area contributed by atoms with Crippen LogP contribution in [0.3, 0.4) is 0 Å². The van der Waals surface area contributed by atoms with Gasteiger partial charge in [0.1, 0.15) is 5.75 Å². The fourth-order valence-electron chi connectivity index (χ4n) is 1.58. The molecule has 2 heterocycles. The molecule has 3 aromatic rings. The molecule has 1 aromatic carbocycles. The van der Waals surface area contributed by atoms with Crippen molar-refractivity contribution in [2.75, 3.05) is 0 Å². The van der Waals surface area contributed by atoms with Gasteiger partial charge in [0.15, 0.2) is 11.5 Å². The summed E-state index contributed by atoms with van der Waals surface area (Å²) in [5.41, 5.74) is 1.68. The van der Waals surface area contributed by atoms with Crippen molar-refractivity contribution < 1.29 is 5.11 Å². The van der Waals surface area contributed by atoms with E-state index in [4.69, 9.17) is 0 Å². The van der Waals surface area contributed by atoms with E-state index in [1.165, 1.54) is 6.20 Å². The van der Waals surface area contributed by atoms with Gasteiger partial charge in [-0.05, 0) is 12.1 Å². The third-order valence-electron chi connectivity index (χ3n) is 2.35. The van der Waals surface area contributed by atoms with Gasteiger partial charge in [0.2, 0.25) is 0 Å². The van der Waals surface area contributed by atoms with Crippen LogP contribution in [0.5, 0.6) is 5.75 Å². The maximum absolute atomic E-state index is 9.32. The molecule has 0 aliphatic rings. The highest BCUT2D eigenvalue weighted by Gasteiger charge is 2.05. The normalized spacial score (nSPS) is 10.8. The molecule has 1 N–H and O–H groups in total. The average molecular weight is 211 g/mol. The third-order valence-corrected chi connectivity index (χ3v) is 2.35. The van der Waals surface area contributed by atoms with Gasteiger partial charge >= 0.3 is 0 Å². The highest BCUT2D eigenvalue weighted by atomic mass is 16.3. The van der Waals surface area contributed by atoms with Crippen LogP contribution in [0.15, 0.2) is 48.7 Å². The number of nitrogens with zero attached hydrogens (tertiary/aromatic N) is 3. The van der Waals surface area contributed by atoms with E-state index in [0.29, 0.717) is 5.82 Å². The van der Waals surface area contributed by atoms with E-state index in [2.05, 4.69) is 10.1 Å². The minimum atomic E-state index is 0.178. The minimum Gasteiger partial charge on any atom is -0.506 e. The molecule has 0 fully saturated rings. The van der Waals surface area contributed by atoms with Crippen molar-refractivity contribution in [2.24, 2.45) is 0 Å². The summed E-state index contributed by atoms with van der Waals surface area (Å²) >= 11 is 0. The third kappa shape index (κ3) is 1.40. The van der Waals surface area contributed by atoms with Crippen LogP contribution < -0.4 is 0 Å². The number of rotatable bonds is 1. The number of fused-ring (bicyclic) bond motifs is 1. The molecule has 4 heteroatoms. The Labute approximate surface area is 91.8 Å². The van der Waals surface area contributed by atoms with Crippen LogP contribution in [0, 0.1) is 0 Å². The topological polar surface area (TPSA) is 50.4 Å². The molecule has 4 nitrogen and oxygen atoms in total. The fourth-order valence-corrected chi connectivity index (χ4v) is 1.58. The summed E-state index contributed by atoms with van der Waals surface area (Å²) in [4.78, 5) is 4.36. The van der Waals surface area contributed by atoms with Crippen molar-refractivity contribution in [3.63, 3.8) is 0 Å². The zero-order valence-electron chi connectivity index (χ0n) is 8.41. The van der Waals surface area contributed by atoms with Crippen molar-refractivity contribution in [2.45, 2.75) is 0 Å². The Morgan fingerprint density at radius 3 is 2.62 bits per heavy atom. The molecule has 0 amide bonds. The van der Waals surface area contributed by atoms with Crippen molar-refractivity contribution in [1.82, 2.24) is 14.6 Å². The second kappa shape index (κ2) is 3.34. The monoisotopic (exact) mass is 211 g/mol. The summed E-state index contributed by atoms with van der Waals surface area (Å²) in [5, 5.41) is 13.6. The van der Waals surface area contributed by atoms with Gasteiger partial charge in [-0.15, -0.1) is 5.10 Å². The first-order valence-corrected chi connectivity index (χ1v) is 4.94. The van der Waals surface area contributed by atoms with E-state index < -0.39 is 0 Å². The SMILES string of the molecule is Oc1ccc2nc(-c3ccccc3)nn2c1. The maximum atomic E-state index is 9.32. The summed E-state index contributed by atoms with van der Waals surface area (Å²) in [7, 11) is 0. The number of pyridine rings is 1. The molecule has 78 valence electrons. The largest absolute Gasteiger partial charge is 0.506 e. The first-order chi connectivity index (χ1) is 7.83. The molecule has 0 aliphatic carbocycles. The maximum Gasteiger partial charge on any atom is 0.182 e. The Morgan fingerprint density at radius 1 is 1.00 bits per heavy atom. The van der Waals surface area contributed by atoms with E-state index in [1.54, 1.807) is 16.6 Å². The van der Waals surface area contributed by atoms with Gasteiger partial charge in [-0.2, -0.15) is 0 Å². The summed E-state index contributed by atoms with van der Waals surface area (Å²) in [6, 6.07) is 13.1. The molecule has 16 heavy (non-hydrogen) atoms. The van der Waals surface area contributed by atoms with Crippen LogP contribution in [-0.4, -0.2) is 19.7 Å². The van der Waals surface area contributed by atoms with Gasteiger partial charge in [0, 0.05) is 5.56 Å². The number of aromatic nitrogens is 3. The first kappa shape index (κ1) is 8.91. The Kier molecular flexibility index (Phi) is 1.86. The quantitative estimate of drug-likeness (QED) is 0.670. The molecule has 0 unspecified atom stereocenters. The number of hydrogen-bond donors (Lipinski definition) is 1.